The Kier molecular flexibility index (Phi) is 5.21. The molecular weight excluding hydrogens is 284 g/mol. The number of hydrogen-bond acceptors (Lipinski definition) is 5. The molecule has 0 radical (unpaired) electrons. The summed E-state index contributed by atoms with van der Waals surface area (Å²) in [7, 11) is -1.87. The fraction of sp³-hybridized carbons (Fsp3) is 0.455. The highest BCUT2D eigenvalue weighted by Crippen LogP contribution is 2.18. The molecule has 1 aromatic heterocycles. The minimum Gasteiger partial charge on any atom is -0.389 e. The fourth-order valence-electron chi connectivity index (χ4n) is 1.68. The van der Waals surface area contributed by atoms with Gasteiger partial charge < -0.3 is 11.1 Å². The van der Waals surface area contributed by atoms with Gasteiger partial charge in [-0.3, -0.25) is 0 Å². The van der Waals surface area contributed by atoms with Crippen LogP contribution in [0.25, 0.3) is 0 Å². The minimum absolute atomic E-state index is 0.0467. The second-order valence-corrected chi connectivity index (χ2v) is 6.60. The number of thiocarbonyl (C=S) groups is 1. The van der Waals surface area contributed by atoms with E-state index >= 15 is 0 Å². The molecular formula is C11H18N4O2S2. The third kappa shape index (κ3) is 4.41. The zero-order valence-electron chi connectivity index (χ0n) is 11.1. The van der Waals surface area contributed by atoms with Crippen LogP contribution in [0.1, 0.15) is 16.8 Å². The quantitative estimate of drug-likeness (QED) is 0.654. The highest BCUT2D eigenvalue weighted by atomic mass is 32.2. The number of aromatic nitrogens is 1. The molecule has 1 aromatic rings. The molecule has 0 bridgehead atoms. The highest BCUT2D eigenvalue weighted by Gasteiger charge is 2.12. The van der Waals surface area contributed by atoms with Gasteiger partial charge >= 0.3 is 0 Å². The average Bonchev–Trinajstić information content (AvgIpc) is 2.27. The van der Waals surface area contributed by atoms with Crippen LogP contribution in [0.4, 0.5) is 5.82 Å². The summed E-state index contributed by atoms with van der Waals surface area (Å²) in [5, 5.41) is 2.97. The topological polar surface area (TPSA) is 97.1 Å². The van der Waals surface area contributed by atoms with Crippen molar-refractivity contribution in [3.8, 4) is 0 Å². The smallest absolute Gasteiger partial charge is 0.213 e. The Morgan fingerprint density at radius 2 is 2.11 bits per heavy atom. The first-order valence-electron chi connectivity index (χ1n) is 5.70. The lowest BCUT2D eigenvalue weighted by Gasteiger charge is -2.13. The highest BCUT2D eigenvalue weighted by molar-refractivity contribution is 7.89. The van der Waals surface area contributed by atoms with Gasteiger partial charge in [0, 0.05) is 12.2 Å². The second-order valence-electron chi connectivity index (χ2n) is 4.12. The number of aryl methyl sites for hydroxylation is 2. The Balaban J connectivity index is 2.92. The van der Waals surface area contributed by atoms with E-state index in [1.165, 1.54) is 7.05 Å². The summed E-state index contributed by atoms with van der Waals surface area (Å²) in [4.78, 5) is 4.55. The van der Waals surface area contributed by atoms with Gasteiger partial charge in [-0.15, -0.1) is 0 Å². The molecule has 0 amide bonds. The third-order valence-electron chi connectivity index (χ3n) is 2.57. The van der Waals surface area contributed by atoms with E-state index < -0.39 is 10.0 Å². The van der Waals surface area contributed by atoms with Crippen LogP contribution in [0.2, 0.25) is 0 Å². The van der Waals surface area contributed by atoms with Crippen LogP contribution >= 0.6 is 12.2 Å². The van der Waals surface area contributed by atoms with Crippen molar-refractivity contribution in [1.29, 1.82) is 0 Å². The van der Waals surface area contributed by atoms with E-state index in [0.29, 0.717) is 11.4 Å². The Labute approximate surface area is 118 Å². The molecule has 0 spiro atoms. The van der Waals surface area contributed by atoms with E-state index in [1.54, 1.807) is 0 Å². The standard InChI is InChI=1S/C11H18N4O2S2/c1-7-6-8(2)15-11(9(7)10(12)18)14-4-5-19(16,17)13-3/h6,13H,4-5H2,1-3H3,(H2,12,18)(H,14,15). The van der Waals surface area contributed by atoms with Crippen molar-refractivity contribution >= 4 is 33.0 Å². The van der Waals surface area contributed by atoms with Crippen LogP contribution in [0, 0.1) is 13.8 Å². The van der Waals surface area contributed by atoms with Gasteiger partial charge in [-0.05, 0) is 32.5 Å². The molecule has 6 nitrogen and oxygen atoms in total. The molecule has 106 valence electrons. The normalized spacial score (nSPS) is 11.3. The van der Waals surface area contributed by atoms with Gasteiger partial charge in [-0.1, -0.05) is 12.2 Å². The number of anilines is 1. The maximum atomic E-state index is 11.3. The minimum atomic E-state index is -3.25. The Hall–Kier alpha value is -1.25. The van der Waals surface area contributed by atoms with Crippen molar-refractivity contribution in [3.63, 3.8) is 0 Å². The number of pyridine rings is 1. The summed E-state index contributed by atoms with van der Waals surface area (Å²) in [6.07, 6.45) is 0. The lowest BCUT2D eigenvalue weighted by molar-refractivity contribution is 0.588. The van der Waals surface area contributed by atoms with Gasteiger partial charge in [0.1, 0.15) is 10.8 Å². The molecule has 4 N–H and O–H groups in total. The molecule has 1 heterocycles. The maximum Gasteiger partial charge on any atom is 0.213 e. The molecule has 0 atom stereocenters. The van der Waals surface area contributed by atoms with Crippen LogP contribution in [0.5, 0.6) is 0 Å². The summed E-state index contributed by atoms with van der Waals surface area (Å²) in [6.45, 7) is 3.97. The van der Waals surface area contributed by atoms with E-state index in [4.69, 9.17) is 18.0 Å². The zero-order valence-corrected chi connectivity index (χ0v) is 12.8. The van der Waals surface area contributed by atoms with Gasteiger partial charge in [-0.25, -0.2) is 18.1 Å². The Morgan fingerprint density at radius 3 is 2.63 bits per heavy atom. The number of nitrogens with zero attached hydrogens (tertiary/aromatic N) is 1. The first kappa shape index (κ1) is 15.8. The SMILES string of the molecule is CNS(=O)(=O)CCNc1nc(C)cc(C)c1C(N)=S. The summed E-state index contributed by atoms with van der Waals surface area (Å²) in [5.41, 5.74) is 8.06. The lowest BCUT2D eigenvalue weighted by atomic mass is 10.1. The molecule has 0 aliphatic heterocycles. The molecule has 0 saturated carbocycles. The predicted molar refractivity (Wildman–Crippen MR) is 80.9 cm³/mol. The fourth-order valence-corrected chi connectivity index (χ4v) is 2.51. The number of sulfonamides is 1. The molecule has 19 heavy (non-hydrogen) atoms. The zero-order chi connectivity index (χ0) is 14.6. The molecule has 0 saturated heterocycles. The van der Waals surface area contributed by atoms with Gasteiger partial charge in [0.2, 0.25) is 10.0 Å². The largest absolute Gasteiger partial charge is 0.389 e. The van der Waals surface area contributed by atoms with Crippen molar-refractivity contribution in [2.45, 2.75) is 13.8 Å². The van der Waals surface area contributed by atoms with E-state index in [2.05, 4.69) is 15.0 Å². The van der Waals surface area contributed by atoms with Crippen molar-refractivity contribution in [2.24, 2.45) is 5.73 Å². The van der Waals surface area contributed by atoms with E-state index in [1.807, 2.05) is 19.9 Å². The molecule has 0 aromatic carbocycles. The summed E-state index contributed by atoms with van der Waals surface area (Å²) in [5.74, 6) is 0.478. The van der Waals surface area contributed by atoms with Crippen molar-refractivity contribution in [2.75, 3.05) is 24.7 Å². The second kappa shape index (κ2) is 6.27. The lowest BCUT2D eigenvalue weighted by Crippen LogP contribution is -2.27. The first-order valence-corrected chi connectivity index (χ1v) is 7.76. The van der Waals surface area contributed by atoms with Crippen LogP contribution in [-0.2, 0) is 10.0 Å². The molecule has 0 unspecified atom stereocenters. The van der Waals surface area contributed by atoms with Crippen molar-refractivity contribution in [1.82, 2.24) is 9.71 Å². The van der Waals surface area contributed by atoms with E-state index in [9.17, 15) is 8.42 Å². The van der Waals surface area contributed by atoms with Gasteiger partial charge in [0.15, 0.2) is 0 Å². The van der Waals surface area contributed by atoms with Crippen LogP contribution in [0.3, 0.4) is 0 Å². The van der Waals surface area contributed by atoms with Gasteiger partial charge in [0.05, 0.1) is 11.3 Å². The van der Waals surface area contributed by atoms with Gasteiger partial charge in [-0.2, -0.15) is 0 Å². The summed E-state index contributed by atoms with van der Waals surface area (Å²) in [6, 6.07) is 1.88. The number of nitrogens with one attached hydrogen (secondary N) is 2. The first-order chi connectivity index (χ1) is 8.76. The number of nitrogens with two attached hydrogens (primary N) is 1. The summed E-state index contributed by atoms with van der Waals surface area (Å²) < 4.78 is 24.9. The molecule has 1 rings (SSSR count). The molecule has 0 aliphatic rings. The number of rotatable bonds is 6. The Bertz CT molecular complexity index is 585. The molecule has 8 heteroatoms. The molecule has 0 aliphatic carbocycles. The van der Waals surface area contributed by atoms with Crippen molar-refractivity contribution < 1.29 is 8.42 Å². The monoisotopic (exact) mass is 302 g/mol. The third-order valence-corrected chi connectivity index (χ3v) is 4.13. The number of hydrogen-bond donors (Lipinski definition) is 3. The van der Waals surface area contributed by atoms with Crippen molar-refractivity contribution in [3.05, 3.63) is 22.9 Å². The maximum absolute atomic E-state index is 11.3. The summed E-state index contributed by atoms with van der Waals surface area (Å²) >= 11 is 4.99. The van der Waals surface area contributed by atoms with E-state index in [0.717, 1.165) is 11.3 Å². The van der Waals surface area contributed by atoms with Gasteiger partial charge in [0.25, 0.3) is 0 Å². The molecule has 0 fully saturated rings. The van der Waals surface area contributed by atoms with Crippen LogP contribution in [0.15, 0.2) is 6.07 Å². The predicted octanol–water partition coefficient (Wildman–Crippen LogP) is 0.294. The Morgan fingerprint density at radius 1 is 1.47 bits per heavy atom. The average molecular weight is 302 g/mol. The van der Waals surface area contributed by atoms with Crippen LogP contribution < -0.4 is 15.8 Å². The van der Waals surface area contributed by atoms with Crippen LogP contribution in [-0.4, -0.2) is 37.7 Å². The van der Waals surface area contributed by atoms with E-state index in [-0.39, 0.29) is 17.3 Å².